The number of hydrogen-bond donors (Lipinski definition) is 0. The van der Waals surface area contributed by atoms with Crippen molar-refractivity contribution in [1.29, 1.82) is 0 Å². The molecule has 0 aromatic rings. The molecule has 3 aliphatic heterocycles. The summed E-state index contributed by atoms with van der Waals surface area (Å²) in [5, 5.41) is 0. The lowest BCUT2D eigenvalue weighted by Crippen LogP contribution is -2.49. The smallest absolute Gasteiger partial charge is 0.216 e. The summed E-state index contributed by atoms with van der Waals surface area (Å²) < 4.78 is 38.7. The SMILES string of the molecule is CN1CCOC(CS(=O)(=O)N2CCCC2C2CCCOC2)C1. The third-order valence-electron chi connectivity index (χ3n) is 5.08. The predicted octanol–water partition coefficient (Wildman–Crippen LogP) is 0.538. The third-order valence-corrected chi connectivity index (χ3v) is 7.04. The van der Waals surface area contributed by atoms with Crippen molar-refractivity contribution in [1.82, 2.24) is 9.21 Å². The highest BCUT2D eigenvalue weighted by atomic mass is 32.2. The van der Waals surface area contributed by atoms with Crippen LogP contribution >= 0.6 is 0 Å². The molecule has 3 aliphatic rings. The number of ether oxygens (including phenoxy) is 2. The monoisotopic (exact) mass is 332 g/mol. The quantitative estimate of drug-likeness (QED) is 0.752. The standard InChI is InChI=1S/C15H28N2O4S/c1-16-7-9-21-14(10-16)12-22(18,19)17-6-2-5-15(17)13-4-3-8-20-11-13/h13-15H,2-12H2,1H3. The molecule has 0 spiro atoms. The van der Waals surface area contributed by atoms with Gasteiger partial charge in [0.2, 0.25) is 10.0 Å². The summed E-state index contributed by atoms with van der Waals surface area (Å²) in [6.07, 6.45) is 3.86. The number of hydrogen-bond acceptors (Lipinski definition) is 5. The van der Waals surface area contributed by atoms with Crippen LogP contribution in [0.1, 0.15) is 25.7 Å². The molecule has 0 aromatic carbocycles. The van der Waals surface area contributed by atoms with Crippen LogP contribution in [0.2, 0.25) is 0 Å². The largest absolute Gasteiger partial charge is 0.381 e. The van der Waals surface area contributed by atoms with Crippen molar-refractivity contribution in [2.24, 2.45) is 5.92 Å². The molecule has 0 radical (unpaired) electrons. The molecule has 3 unspecified atom stereocenters. The van der Waals surface area contributed by atoms with E-state index >= 15 is 0 Å². The van der Waals surface area contributed by atoms with Crippen LogP contribution in [0.5, 0.6) is 0 Å². The van der Waals surface area contributed by atoms with Gasteiger partial charge >= 0.3 is 0 Å². The summed E-state index contributed by atoms with van der Waals surface area (Å²) in [7, 11) is -1.24. The van der Waals surface area contributed by atoms with Gasteiger partial charge in [0, 0.05) is 32.3 Å². The number of sulfonamides is 1. The molecule has 22 heavy (non-hydrogen) atoms. The van der Waals surface area contributed by atoms with E-state index in [2.05, 4.69) is 4.90 Å². The van der Waals surface area contributed by atoms with Crippen molar-refractivity contribution in [2.45, 2.75) is 37.8 Å². The van der Waals surface area contributed by atoms with Crippen LogP contribution in [-0.2, 0) is 19.5 Å². The molecule has 0 amide bonds. The fourth-order valence-electron chi connectivity index (χ4n) is 3.95. The summed E-state index contributed by atoms with van der Waals surface area (Å²) in [5.41, 5.74) is 0. The molecule has 7 heteroatoms. The van der Waals surface area contributed by atoms with Crippen LogP contribution in [0.3, 0.4) is 0 Å². The zero-order valence-corrected chi connectivity index (χ0v) is 14.3. The maximum atomic E-state index is 12.8. The van der Waals surface area contributed by atoms with E-state index in [1.807, 2.05) is 7.05 Å². The molecule has 0 aliphatic carbocycles. The molecule has 3 atom stereocenters. The number of morpholine rings is 1. The first-order chi connectivity index (χ1) is 10.6. The predicted molar refractivity (Wildman–Crippen MR) is 84.3 cm³/mol. The summed E-state index contributed by atoms with van der Waals surface area (Å²) in [6, 6.07) is 0.131. The molecular weight excluding hydrogens is 304 g/mol. The Labute approximate surface area is 133 Å². The van der Waals surface area contributed by atoms with Gasteiger partial charge < -0.3 is 14.4 Å². The van der Waals surface area contributed by atoms with Gasteiger partial charge in [-0.05, 0) is 38.6 Å². The van der Waals surface area contributed by atoms with Crippen LogP contribution < -0.4 is 0 Å². The molecule has 3 saturated heterocycles. The third kappa shape index (κ3) is 3.82. The lowest BCUT2D eigenvalue weighted by atomic mass is 9.93. The van der Waals surface area contributed by atoms with E-state index in [1.54, 1.807) is 4.31 Å². The lowest BCUT2D eigenvalue weighted by molar-refractivity contribution is -0.00768. The molecule has 6 nitrogen and oxygen atoms in total. The number of likely N-dealkylation sites (N-methyl/N-ethyl adjacent to an activating group) is 1. The van der Waals surface area contributed by atoms with Crippen molar-refractivity contribution < 1.29 is 17.9 Å². The molecular formula is C15H28N2O4S. The second-order valence-electron chi connectivity index (χ2n) is 6.83. The van der Waals surface area contributed by atoms with E-state index in [0.29, 0.717) is 32.2 Å². The molecule has 128 valence electrons. The zero-order valence-electron chi connectivity index (χ0n) is 13.4. The zero-order chi connectivity index (χ0) is 15.6. The average Bonchev–Trinajstić information content (AvgIpc) is 2.98. The Morgan fingerprint density at radius 2 is 2.00 bits per heavy atom. The summed E-state index contributed by atoms with van der Waals surface area (Å²) in [4.78, 5) is 2.14. The van der Waals surface area contributed by atoms with E-state index in [-0.39, 0.29) is 17.9 Å². The van der Waals surface area contributed by atoms with E-state index in [4.69, 9.17) is 9.47 Å². The van der Waals surface area contributed by atoms with Gasteiger partial charge in [-0.2, -0.15) is 4.31 Å². The summed E-state index contributed by atoms with van der Waals surface area (Å²) in [5.74, 6) is 0.475. The summed E-state index contributed by atoms with van der Waals surface area (Å²) in [6.45, 7) is 4.38. The molecule has 0 bridgehead atoms. The fourth-order valence-corrected chi connectivity index (χ4v) is 5.91. The van der Waals surface area contributed by atoms with Gasteiger partial charge in [0.25, 0.3) is 0 Å². The van der Waals surface area contributed by atoms with E-state index in [1.165, 1.54) is 0 Å². The van der Waals surface area contributed by atoms with Crippen molar-refractivity contribution in [3.8, 4) is 0 Å². The van der Waals surface area contributed by atoms with Crippen LogP contribution in [0, 0.1) is 5.92 Å². The maximum Gasteiger partial charge on any atom is 0.216 e. The summed E-state index contributed by atoms with van der Waals surface area (Å²) >= 11 is 0. The fraction of sp³-hybridized carbons (Fsp3) is 1.00. The van der Waals surface area contributed by atoms with Crippen LogP contribution in [0.25, 0.3) is 0 Å². The Balaban J connectivity index is 1.64. The normalized spacial score (nSPS) is 35.8. The highest BCUT2D eigenvalue weighted by Crippen LogP contribution is 2.32. The molecule has 0 saturated carbocycles. The van der Waals surface area contributed by atoms with Crippen molar-refractivity contribution in [2.75, 3.05) is 52.3 Å². The van der Waals surface area contributed by atoms with Crippen LogP contribution in [0.4, 0.5) is 0 Å². The minimum atomic E-state index is -3.26. The highest BCUT2D eigenvalue weighted by molar-refractivity contribution is 7.89. The first-order valence-corrected chi connectivity index (χ1v) is 10.0. The number of nitrogens with zero attached hydrogens (tertiary/aromatic N) is 2. The van der Waals surface area contributed by atoms with E-state index in [9.17, 15) is 8.42 Å². The van der Waals surface area contributed by atoms with Gasteiger partial charge in [-0.3, -0.25) is 0 Å². The highest BCUT2D eigenvalue weighted by Gasteiger charge is 2.40. The minimum Gasteiger partial charge on any atom is -0.381 e. The molecule has 3 rings (SSSR count). The minimum absolute atomic E-state index is 0.113. The molecule has 0 aromatic heterocycles. The first-order valence-electron chi connectivity index (χ1n) is 8.43. The second-order valence-corrected chi connectivity index (χ2v) is 8.80. The van der Waals surface area contributed by atoms with Gasteiger partial charge in [-0.25, -0.2) is 8.42 Å². The average molecular weight is 332 g/mol. The number of rotatable bonds is 4. The van der Waals surface area contributed by atoms with Gasteiger partial charge in [0.05, 0.1) is 25.1 Å². The maximum absolute atomic E-state index is 12.8. The lowest BCUT2D eigenvalue weighted by Gasteiger charge is -2.35. The Hall–Kier alpha value is -0.210. The van der Waals surface area contributed by atoms with Crippen LogP contribution in [-0.4, -0.2) is 82.0 Å². The molecule has 3 heterocycles. The van der Waals surface area contributed by atoms with Gasteiger partial charge in [-0.1, -0.05) is 0 Å². The molecule has 3 fully saturated rings. The Bertz CT molecular complexity index is 464. The topological polar surface area (TPSA) is 59.1 Å². The first kappa shape index (κ1) is 16.6. The Morgan fingerprint density at radius 1 is 1.14 bits per heavy atom. The van der Waals surface area contributed by atoms with Crippen LogP contribution in [0.15, 0.2) is 0 Å². The van der Waals surface area contributed by atoms with Gasteiger partial charge in [0.15, 0.2) is 0 Å². The van der Waals surface area contributed by atoms with Crippen molar-refractivity contribution >= 4 is 10.0 Å². The van der Waals surface area contributed by atoms with Gasteiger partial charge in [0.1, 0.15) is 0 Å². The molecule has 0 N–H and O–H groups in total. The van der Waals surface area contributed by atoms with E-state index < -0.39 is 10.0 Å². The Morgan fingerprint density at radius 3 is 2.73 bits per heavy atom. The second kappa shape index (κ2) is 7.13. The Kier molecular flexibility index (Phi) is 5.39. The van der Waals surface area contributed by atoms with E-state index in [0.717, 1.165) is 38.8 Å². The van der Waals surface area contributed by atoms with Gasteiger partial charge in [-0.15, -0.1) is 0 Å². The van der Waals surface area contributed by atoms with Crippen molar-refractivity contribution in [3.05, 3.63) is 0 Å². The van der Waals surface area contributed by atoms with Crippen molar-refractivity contribution in [3.63, 3.8) is 0 Å².